The summed E-state index contributed by atoms with van der Waals surface area (Å²) in [5.74, 6) is -0.613. The maximum Gasteiger partial charge on any atom is 0.345 e. The molecule has 1 aromatic heterocycles. The zero-order chi connectivity index (χ0) is 12.7. The van der Waals surface area contributed by atoms with Gasteiger partial charge < -0.3 is 14.9 Å². The molecule has 0 unspecified atom stereocenters. The van der Waals surface area contributed by atoms with Crippen LogP contribution in [0.1, 0.15) is 22.5 Å². The number of carboxylic acids is 1. The SMILES string of the molecule is O=C(O)c1ccc(N2CCN3C(=O)CC[C@@H]3C2)s1. The summed E-state index contributed by atoms with van der Waals surface area (Å²) in [5, 5.41) is 9.91. The van der Waals surface area contributed by atoms with Crippen LogP contribution in [0, 0.1) is 0 Å². The molecule has 2 saturated heterocycles. The zero-order valence-electron chi connectivity index (χ0n) is 9.83. The largest absolute Gasteiger partial charge is 0.477 e. The topological polar surface area (TPSA) is 60.9 Å². The second-order valence-electron chi connectivity index (χ2n) is 4.67. The van der Waals surface area contributed by atoms with Crippen molar-refractivity contribution in [2.75, 3.05) is 24.5 Å². The summed E-state index contributed by atoms with van der Waals surface area (Å²) in [7, 11) is 0. The fourth-order valence-corrected chi connectivity index (χ4v) is 3.56. The van der Waals surface area contributed by atoms with E-state index in [1.165, 1.54) is 11.3 Å². The Morgan fingerprint density at radius 1 is 1.39 bits per heavy atom. The van der Waals surface area contributed by atoms with E-state index in [2.05, 4.69) is 4.90 Å². The zero-order valence-corrected chi connectivity index (χ0v) is 10.7. The van der Waals surface area contributed by atoms with Crippen LogP contribution >= 0.6 is 11.3 Å². The second-order valence-corrected chi connectivity index (χ2v) is 5.73. The highest BCUT2D eigenvalue weighted by Crippen LogP contribution is 2.30. The first-order valence-corrected chi connectivity index (χ1v) is 6.84. The van der Waals surface area contributed by atoms with Crippen molar-refractivity contribution in [3.05, 3.63) is 17.0 Å². The van der Waals surface area contributed by atoms with Crippen molar-refractivity contribution < 1.29 is 14.7 Å². The lowest BCUT2D eigenvalue weighted by Gasteiger charge is -2.38. The number of thiophene rings is 1. The number of fused-ring (bicyclic) bond motifs is 1. The van der Waals surface area contributed by atoms with E-state index >= 15 is 0 Å². The third-order valence-electron chi connectivity index (χ3n) is 3.61. The molecule has 1 N–H and O–H groups in total. The standard InChI is InChI=1S/C12H14N2O3S/c15-10-3-1-8-7-13(5-6-14(8)10)11-4-2-9(18-11)12(16)17/h2,4,8H,1,3,5-7H2,(H,16,17)/t8-/m1/s1. The molecule has 3 rings (SSSR count). The van der Waals surface area contributed by atoms with Crippen LogP contribution in [0.15, 0.2) is 12.1 Å². The highest BCUT2D eigenvalue weighted by molar-refractivity contribution is 7.17. The molecule has 0 aromatic carbocycles. The first kappa shape index (κ1) is 11.5. The Bertz CT molecular complexity index is 499. The van der Waals surface area contributed by atoms with E-state index in [0.29, 0.717) is 17.3 Å². The number of piperazine rings is 1. The molecular formula is C12H14N2O3S. The third-order valence-corrected chi connectivity index (χ3v) is 4.74. The molecule has 0 aliphatic carbocycles. The number of amides is 1. The number of carbonyl (C=O) groups is 2. The average molecular weight is 266 g/mol. The average Bonchev–Trinajstić information content (AvgIpc) is 2.96. The van der Waals surface area contributed by atoms with E-state index in [1.54, 1.807) is 6.07 Å². The van der Waals surface area contributed by atoms with E-state index in [4.69, 9.17) is 5.11 Å². The van der Waals surface area contributed by atoms with Crippen LogP contribution in [-0.4, -0.2) is 47.6 Å². The van der Waals surface area contributed by atoms with Gasteiger partial charge in [-0.05, 0) is 18.6 Å². The number of anilines is 1. The van der Waals surface area contributed by atoms with E-state index < -0.39 is 5.97 Å². The lowest BCUT2D eigenvalue weighted by atomic mass is 10.1. The molecule has 0 spiro atoms. The van der Waals surface area contributed by atoms with Gasteiger partial charge in [-0.1, -0.05) is 0 Å². The van der Waals surface area contributed by atoms with Gasteiger partial charge in [0, 0.05) is 32.1 Å². The molecule has 0 saturated carbocycles. The number of carboxylic acid groups (broad SMARTS) is 1. The van der Waals surface area contributed by atoms with Gasteiger partial charge in [-0.15, -0.1) is 11.3 Å². The van der Waals surface area contributed by atoms with Gasteiger partial charge in [0.25, 0.3) is 0 Å². The molecular weight excluding hydrogens is 252 g/mol. The van der Waals surface area contributed by atoms with Crippen LogP contribution in [0.4, 0.5) is 5.00 Å². The third kappa shape index (κ3) is 1.86. The molecule has 1 aromatic rings. The summed E-state index contributed by atoms with van der Waals surface area (Å²) in [6.45, 7) is 2.37. The molecule has 5 nitrogen and oxygen atoms in total. The molecule has 2 aliphatic rings. The first-order valence-electron chi connectivity index (χ1n) is 6.02. The van der Waals surface area contributed by atoms with Gasteiger partial charge in [0.1, 0.15) is 4.88 Å². The Labute approximate surface area is 109 Å². The van der Waals surface area contributed by atoms with Gasteiger partial charge in [-0.3, -0.25) is 4.79 Å². The fraction of sp³-hybridized carbons (Fsp3) is 0.500. The molecule has 18 heavy (non-hydrogen) atoms. The van der Waals surface area contributed by atoms with Crippen LogP contribution < -0.4 is 4.90 Å². The maximum atomic E-state index is 11.6. The summed E-state index contributed by atoms with van der Waals surface area (Å²) < 4.78 is 0. The smallest absolute Gasteiger partial charge is 0.345 e. The molecule has 2 fully saturated rings. The lowest BCUT2D eigenvalue weighted by Crippen LogP contribution is -2.51. The number of nitrogens with zero attached hydrogens (tertiary/aromatic N) is 2. The fourth-order valence-electron chi connectivity index (χ4n) is 2.68. The summed E-state index contributed by atoms with van der Waals surface area (Å²) >= 11 is 1.31. The summed E-state index contributed by atoms with van der Waals surface area (Å²) in [6.07, 6.45) is 1.58. The molecule has 1 amide bonds. The van der Waals surface area contributed by atoms with Crippen molar-refractivity contribution in [3.63, 3.8) is 0 Å². The number of carbonyl (C=O) groups excluding carboxylic acids is 1. The van der Waals surface area contributed by atoms with Crippen molar-refractivity contribution in [1.82, 2.24) is 4.90 Å². The van der Waals surface area contributed by atoms with Crippen molar-refractivity contribution >= 4 is 28.2 Å². The lowest BCUT2D eigenvalue weighted by molar-refractivity contribution is -0.129. The van der Waals surface area contributed by atoms with Gasteiger partial charge in [0.15, 0.2) is 0 Å². The first-order chi connectivity index (χ1) is 8.65. The Hall–Kier alpha value is -1.56. The van der Waals surface area contributed by atoms with E-state index in [1.807, 2.05) is 11.0 Å². The molecule has 6 heteroatoms. The van der Waals surface area contributed by atoms with Gasteiger partial charge in [0.05, 0.1) is 5.00 Å². The predicted octanol–water partition coefficient (Wildman–Crippen LogP) is 1.26. The van der Waals surface area contributed by atoms with Crippen molar-refractivity contribution in [2.24, 2.45) is 0 Å². The minimum atomic E-state index is -0.874. The minimum Gasteiger partial charge on any atom is -0.477 e. The molecule has 1 atom stereocenters. The summed E-state index contributed by atoms with van der Waals surface area (Å²) in [6, 6.07) is 3.82. The van der Waals surface area contributed by atoms with E-state index in [9.17, 15) is 9.59 Å². The quantitative estimate of drug-likeness (QED) is 0.875. The number of hydrogen-bond acceptors (Lipinski definition) is 4. The highest BCUT2D eigenvalue weighted by Gasteiger charge is 2.35. The normalized spacial score (nSPS) is 23.3. The Balaban J connectivity index is 1.74. The second kappa shape index (κ2) is 4.28. The van der Waals surface area contributed by atoms with Crippen LogP contribution in [0.25, 0.3) is 0 Å². The number of aromatic carboxylic acids is 1. The monoisotopic (exact) mass is 266 g/mol. The van der Waals surface area contributed by atoms with Gasteiger partial charge in [0.2, 0.25) is 5.91 Å². The van der Waals surface area contributed by atoms with Gasteiger partial charge in [-0.25, -0.2) is 4.79 Å². The van der Waals surface area contributed by atoms with E-state index in [-0.39, 0.29) is 5.91 Å². The molecule has 2 aliphatic heterocycles. The van der Waals surface area contributed by atoms with E-state index in [0.717, 1.165) is 31.1 Å². The summed E-state index contributed by atoms with van der Waals surface area (Å²) in [5.41, 5.74) is 0. The maximum absolute atomic E-state index is 11.6. The van der Waals surface area contributed by atoms with Crippen LogP contribution in [0.5, 0.6) is 0 Å². The van der Waals surface area contributed by atoms with Crippen LogP contribution in [0.2, 0.25) is 0 Å². The Kier molecular flexibility index (Phi) is 2.74. The molecule has 96 valence electrons. The van der Waals surface area contributed by atoms with Crippen molar-refractivity contribution in [2.45, 2.75) is 18.9 Å². The molecule has 3 heterocycles. The molecule has 0 radical (unpaired) electrons. The Morgan fingerprint density at radius 3 is 2.94 bits per heavy atom. The summed E-state index contributed by atoms with van der Waals surface area (Å²) in [4.78, 5) is 27.0. The van der Waals surface area contributed by atoms with Crippen molar-refractivity contribution in [1.29, 1.82) is 0 Å². The van der Waals surface area contributed by atoms with Crippen LogP contribution in [0.3, 0.4) is 0 Å². The minimum absolute atomic E-state index is 0.261. The van der Waals surface area contributed by atoms with Crippen molar-refractivity contribution in [3.8, 4) is 0 Å². The number of hydrogen-bond donors (Lipinski definition) is 1. The van der Waals surface area contributed by atoms with Gasteiger partial charge in [-0.2, -0.15) is 0 Å². The molecule has 0 bridgehead atoms. The highest BCUT2D eigenvalue weighted by atomic mass is 32.1. The Morgan fingerprint density at radius 2 is 2.22 bits per heavy atom. The van der Waals surface area contributed by atoms with Crippen LogP contribution in [-0.2, 0) is 4.79 Å². The van der Waals surface area contributed by atoms with Gasteiger partial charge >= 0.3 is 5.97 Å². The predicted molar refractivity (Wildman–Crippen MR) is 68.2 cm³/mol. The number of rotatable bonds is 2.